The first-order chi connectivity index (χ1) is 18.2. The first kappa shape index (κ1) is 26.6. The topological polar surface area (TPSA) is 143 Å². The van der Waals surface area contributed by atoms with Gasteiger partial charge in [0, 0.05) is 18.8 Å². The number of hydrogen-bond donors (Lipinski definition) is 3. The van der Waals surface area contributed by atoms with Crippen molar-refractivity contribution in [1.29, 1.82) is 0 Å². The Balaban J connectivity index is 1.29. The molecule has 0 unspecified atom stereocenters. The molecule has 3 N–H and O–H groups in total. The van der Waals surface area contributed by atoms with Gasteiger partial charge in [-0.1, -0.05) is 62.4 Å². The highest BCUT2D eigenvalue weighted by atomic mass is 16.7. The van der Waals surface area contributed by atoms with Crippen LogP contribution in [0.2, 0.25) is 0 Å². The number of hydrogen-bond acceptors (Lipinski definition) is 7. The maximum Gasteiger partial charge on any atom is 0.433 e. The number of nitrogens with zero attached hydrogens (tertiary/aromatic N) is 1. The molecule has 1 aliphatic carbocycles. The molecule has 1 saturated heterocycles. The zero-order valence-electron chi connectivity index (χ0n) is 21.4. The van der Waals surface area contributed by atoms with Gasteiger partial charge < -0.3 is 20.2 Å². The van der Waals surface area contributed by atoms with Gasteiger partial charge in [0.15, 0.2) is 0 Å². The van der Waals surface area contributed by atoms with Gasteiger partial charge in [-0.25, -0.2) is 9.59 Å². The van der Waals surface area contributed by atoms with Crippen LogP contribution in [0, 0.1) is 5.92 Å². The molecule has 1 heterocycles. The van der Waals surface area contributed by atoms with Crippen molar-refractivity contribution in [2.45, 2.75) is 51.7 Å². The van der Waals surface area contributed by atoms with Crippen LogP contribution in [0.4, 0.5) is 9.59 Å². The molecule has 4 rings (SSSR count). The van der Waals surface area contributed by atoms with Gasteiger partial charge in [-0.05, 0) is 35.1 Å². The van der Waals surface area contributed by atoms with Crippen LogP contribution >= 0.6 is 0 Å². The van der Waals surface area contributed by atoms with Gasteiger partial charge in [0.05, 0.1) is 0 Å². The third-order valence-corrected chi connectivity index (χ3v) is 6.49. The molecule has 0 saturated carbocycles. The minimum absolute atomic E-state index is 0.0322. The van der Waals surface area contributed by atoms with E-state index < -0.39 is 42.1 Å². The number of fused-ring (bicyclic) bond motifs is 3. The van der Waals surface area contributed by atoms with Gasteiger partial charge in [0.2, 0.25) is 5.91 Å². The standard InChI is InChI=1S/C27H30N4O7/c1-15(2)24(30-27(36)38-31-22(32)12-13-23(31)33)29-25(34)16(3)28-26(35)37-14-21-19-10-6-4-8-17(19)18-9-5-7-11-20(18)21/h4-11,15-16,21,24H,12-14H2,1-3H3,(H,28,35)(H,29,34)(H,30,36)/t16-,24+/m0/s1. The molecule has 0 aromatic heterocycles. The largest absolute Gasteiger partial charge is 0.449 e. The fraction of sp³-hybridized carbons (Fsp3) is 0.370. The molecule has 2 aromatic rings. The summed E-state index contributed by atoms with van der Waals surface area (Å²) in [5.41, 5.74) is 4.35. The SMILES string of the molecule is CC(C)[C@@H](NC(=O)ON1C(=O)CCC1=O)NC(=O)[C@H](C)NC(=O)OCC1c2ccccc2-c2ccccc21. The zero-order valence-corrected chi connectivity index (χ0v) is 21.4. The van der Waals surface area contributed by atoms with E-state index in [0.717, 1.165) is 22.3 Å². The average Bonchev–Trinajstić information content (AvgIpc) is 3.38. The summed E-state index contributed by atoms with van der Waals surface area (Å²) in [6.07, 6.45) is -2.78. The van der Waals surface area contributed by atoms with Crippen LogP contribution in [0.3, 0.4) is 0 Å². The lowest BCUT2D eigenvalue weighted by molar-refractivity contribution is -0.171. The van der Waals surface area contributed by atoms with Crippen molar-refractivity contribution in [1.82, 2.24) is 21.0 Å². The lowest BCUT2D eigenvalue weighted by Gasteiger charge is -2.25. The quantitative estimate of drug-likeness (QED) is 0.357. The van der Waals surface area contributed by atoms with E-state index >= 15 is 0 Å². The first-order valence-electron chi connectivity index (χ1n) is 12.4. The molecule has 0 spiro atoms. The van der Waals surface area contributed by atoms with E-state index in [-0.39, 0.29) is 31.3 Å². The molecule has 5 amide bonds. The summed E-state index contributed by atoms with van der Waals surface area (Å²) in [4.78, 5) is 65.5. The molecule has 11 nitrogen and oxygen atoms in total. The molecule has 38 heavy (non-hydrogen) atoms. The number of hydroxylamine groups is 2. The number of alkyl carbamates (subject to hydrolysis) is 1. The van der Waals surface area contributed by atoms with Gasteiger partial charge in [0.25, 0.3) is 11.8 Å². The minimum Gasteiger partial charge on any atom is -0.449 e. The lowest BCUT2D eigenvalue weighted by Crippen LogP contribution is -2.56. The van der Waals surface area contributed by atoms with Crippen LogP contribution in [-0.4, -0.2) is 53.8 Å². The number of amides is 5. The van der Waals surface area contributed by atoms with E-state index in [4.69, 9.17) is 9.57 Å². The number of rotatable bonds is 8. The summed E-state index contributed by atoms with van der Waals surface area (Å²) >= 11 is 0. The monoisotopic (exact) mass is 522 g/mol. The van der Waals surface area contributed by atoms with Crippen molar-refractivity contribution in [3.05, 3.63) is 59.7 Å². The second-order valence-corrected chi connectivity index (χ2v) is 9.53. The number of imide groups is 1. The highest BCUT2D eigenvalue weighted by molar-refractivity contribution is 6.01. The highest BCUT2D eigenvalue weighted by Crippen LogP contribution is 2.44. The maximum atomic E-state index is 12.7. The van der Waals surface area contributed by atoms with E-state index in [2.05, 4.69) is 16.0 Å². The molecule has 11 heteroatoms. The van der Waals surface area contributed by atoms with Crippen LogP contribution < -0.4 is 16.0 Å². The summed E-state index contributed by atoms with van der Waals surface area (Å²) in [5, 5.41) is 7.95. The fourth-order valence-electron chi connectivity index (χ4n) is 4.42. The summed E-state index contributed by atoms with van der Waals surface area (Å²) in [6, 6.07) is 14.9. The Labute approximate surface area is 219 Å². The van der Waals surface area contributed by atoms with Gasteiger partial charge >= 0.3 is 12.2 Å². The number of ether oxygens (including phenoxy) is 1. The smallest absolute Gasteiger partial charge is 0.433 e. The van der Waals surface area contributed by atoms with Gasteiger partial charge in [0.1, 0.15) is 18.8 Å². The molecule has 2 aromatic carbocycles. The molecule has 0 bridgehead atoms. The van der Waals surface area contributed by atoms with Crippen LogP contribution in [0.5, 0.6) is 0 Å². The van der Waals surface area contributed by atoms with E-state index in [0.29, 0.717) is 5.06 Å². The number of nitrogens with one attached hydrogen (secondary N) is 3. The van der Waals surface area contributed by atoms with Crippen molar-refractivity contribution in [3.63, 3.8) is 0 Å². The van der Waals surface area contributed by atoms with E-state index in [1.54, 1.807) is 13.8 Å². The van der Waals surface area contributed by atoms with Gasteiger partial charge in [-0.3, -0.25) is 19.7 Å². The van der Waals surface area contributed by atoms with Crippen molar-refractivity contribution in [2.75, 3.05) is 6.61 Å². The third-order valence-electron chi connectivity index (χ3n) is 6.49. The predicted octanol–water partition coefficient (Wildman–Crippen LogP) is 2.80. The highest BCUT2D eigenvalue weighted by Gasteiger charge is 2.34. The second-order valence-electron chi connectivity index (χ2n) is 9.53. The van der Waals surface area contributed by atoms with E-state index in [9.17, 15) is 24.0 Å². The minimum atomic E-state index is -1.07. The van der Waals surface area contributed by atoms with E-state index in [1.165, 1.54) is 6.92 Å². The number of carbonyl (C=O) groups is 5. The molecular formula is C27H30N4O7. The number of benzene rings is 2. The summed E-state index contributed by atoms with van der Waals surface area (Å²) in [7, 11) is 0. The van der Waals surface area contributed by atoms with Crippen molar-refractivity contribution in [2.24, 2.45) is 5.92 Å². The molecule has 200 valence electrons. The summed E-state index contributed by atoms with van der Waals surface area (Å²) in [6.45, 7) is 5.06. The molecular weight excluding hydrogens is 492 g/mol. The molecule has 1 aliphatic heterocycles. The Morgan fingerprint density at radius 3 is 1.95 bits per heavy atom. The number of carbonyl (C=O) groups excluding carboxylic acids is 5. The zero-order chi connectivity index (χ0) is 27.4. The average molecular weight is 523 g/mol. The van der Waals surface area contributed by atoms with Crippen molar-refractivity contribution >= 4 is 29.9 Å². The van der Waals surface area contributed by atoms with Gasteiger partial charge in [-0.2, -0.15) is 0 Å². The second kappa shape index (κ2) is 11.3. The Hall–Kier alpha value is -4.41. The van der Waals surface area contributed by atoms with Gasteiger partial charge in [-0.15, -0.1) is 5.06 Å². The molecule has 2 aliphatic rings. The maximum absolute atomic E-state index is 12.7. The van der Waals surface area contributed by atoms with Crippen molar-refractivity contribution in [3.8, 4) is 11.1 Å². The van der Waals surface area contributed by atoms with Crippen LogP contribution in [-0.2, 0) is 24.0 Å². The molecule has 2 atom stereocenters. The lowest BCUT2D eigenvalue weighted by atomic mass is 9.98. The Morgan fingerprint density at radius 2 is 1.39 bits per heavy atom. The van der Waals surface area contributed by atoms with Crippen LogP contribution in [0.25, 0.3) is 11.1 Å². The summed E-state index contributed by atoms with van der Waals surface area (Å²) < 4.78 is 5.48. The first-order valence-corrected chi connectivity index (χ1v) is 12.4. The molecule has 0 radical (unpaired) electrons. The summed E-state index contributed by atoms with van der Waals surface area (Å²) in [5.74, 6) is -2.21. The molecule has 1 fully saturated rings. The normalized spacial score (nSPS) is 15.9. The predicted molar refractivity (Wildman–Crippen MR) is 135 cm³/mol. The Kier molecular flexibility index (Phi) is 7.94. The Bertz CT molecular complexity index is 1200. The van der Waals surface area contributed by atoms with E-state index in [1.807, 2.05) is 48.5 Å². The third kappa shape index (κ3) is 5.77. The fourth-order valence-corrected chi connectivity index (χ4v) is 4.42. The van der Waals surface area contributed by atoms with Crippen LogP contribution in [0.1, 0.15) is 50.7 Å². The Morgan fingerprint density at radius 1 is 0.842 bits per heavy atom. The van der Waals surface area contributed by atoms with Crippen molar-refractivity contribution < 1.29 is 33.5 Å². The van der Waals surface area contributed by atoms with Crippen LogP contribution in [0.15, 0.2) is 48.5 Å².